The number of carbonyl (C=O) groups excluding carboxylic acids is 1. The van der Waals surface area contributed by atoms with Gasteiger partial charge in [-0.2, -0.15) is 5.10 Å². The number of anilines is 1. The Kier molecular flexibility index (Phi) is 4.23. The summed E-state index contributed by atoms with van der Waals surface area (Å²) in [6, 6.07) is 23.9. The molecule has 0 saturated carbocycles. The maximum absolute atomic E-state index is 12.3. The molecule has 1 N–H and O–H groups in total. The van der Waals surface area contributed by atoms with Crippen molar-refractivity contribution in [3.63, 3.8) is 0 Å². The van der Waals surface area contributed by atoms with Crippen molar-refractivity contribution in [2.24, 2.45) is 0 Å². The van der Waals surface area contributed by atoms with E-state index in [2.05, 4.69) is 40.7 Å². The molecule has 4 nitrogen and oxygen atoms in total. The van der Waals surface area contributed by atoms with Crippen molar-refractivity contribution < 1.29 is 4.79 Å². The maximum atomic E-state index is 12.3. The van der Waals surface area contributed by atoms with Gasteiger partial charge in [0.2, 0.25) is 0 Å². The van der Waals surface area contributed by atoms with E-state index in [0.717, 1.165) is 5.56 Å². The van der Waals surface area contributed by atoms with E-state index in [4.69, 9.17) is 0 Å². The third-order valence-corrected chi connectivity index (χ3v) is 4.37. The number of fused-ring (bicyclic) bond motifs is 1. The van der Waals surface area contributed by atoms with Crippen LogP contribution in [0.15, 0.2) is 79.0 Å². The quantitative estimate of drug-likeness (QED) is 0.587. The molecule has 0 radical (unpaired) electrons. The van der Waals surface area contributed by atoms with Crippen LogP contribution in [0, 0.1) is 6.92 Å². The summed E-state index contributed by atoms with van der Waals surface area (Å²) in [5.41, 5.74) is 2.88. The van der Waals surface area contributed by atoms with E-state index in [1.165, 1.54) is 16.3 Å². The lowest BCUT2D eigenvalue weighted by Crippen LogP contribution is -2.13. The van der Waals surface area contributed by atoms with Crippen molar-refractivity contribution in [1.29, 1.82) is 0 Å². The fraction of sp³-hybridized carbons (Fsp3) is 0.0909. The molecular formula is C22H19N3O. The monoisotopic (exact) mass is 341 g/mol. The molecule has 0 saturated heterocycles. The van der Waals surface area contributed by atoms with Crippen molar-refractivity contribution in [2.75, 3.05) is 5.32 Å². The second-order valence-electron chi connectivity index (χ2n) is 6.36. The molecular weight excluding hydrogens is 322 g/mol. The van der Waals surface area contributed by atoms with E-state index in [1.807, 2.05) is 54.2 Å². The first-order chi connectivity index (χ1) is 12.7. The van der Waals surface area contributed by atoms with Crippen LogP contribution in [0.4, 0.5) is 5.82 Å². The third kappa shape index (κ3) is 3.35. The molecule has 4 aromatic rings. The number of nitrogens with zero attached hydrogens (tertiary/aromatic N) is 2. The normalized spacial score (nSPS) is 10.8. The zero-order valence-electron chi connectivity index (χ0n) is 14.5. The fourth-order valence-corrected chi connectivity index (χ4v) is 3.10. The topological polar surface area (TPSA) is 46.9 Å². The number of carbonyl (C=O) groups is 1. The van der Waals surface area contributed by atoms with Gasteiger partial charge in [-0.05, 0) is 35.4 Å². The Morgan fingerprint density at radius 1 is 1.00 bits per heavy atom. The molecule has 3 aromatic carbocycles. The van der Waals surface area contributed by atoms with Gasteiger partial charge in [-0.3, -0.25) is 9.48 Å². The van der Waals surface area contributed by atoms with Gasteiger partial charge in [0, 0.05) is 17.8 Å². The van der Waals surface area contributed by atoms with Crippen molar-refractivity contribution in [1.82, 2.24) is 9.78 Å². The number of rotatable bonds is 4. The Balaban J connectivity index is 1.52. The van der Waals surface area contributed by atoms with E-state index in [0.29, 0.717) is 17.9 Å². The predicted octanol–water partition coefficient (Wildman–Crippen LogP) is 4.65. The second-order valence-corrected chi connectivity index (χ2v) is 6.36. The van der Waals surface area contributed by atoms with Crippen LogP contribution in [-0.4, -0.2) is 15.7 Å². The first-order valence-corrected chi connectivity index (χ1v) is 8.57. The molecule has 0 spiro atoms. The van der Waals surface area contributed by atoms with Crippen molar-refractivity contribution in [3.8, 4) is 0 Å². The molecule has 0 fully saturated rings. The number of benzene rings is 3. The molecule has 1 amide bonds. The lowest BCUT2D eigenvalue weighted by molar-refractivity contribution is 0.102. The predicted molar refractivity (Wildman–Crippen MR) is 104 cm³/mol. The minimum atomic E-state index is -0.149. The summed E-state index contributed by atoms with van der Waals surface area (Å²) in [6.07, 6.45) is 1.88. The molecule has 4 heteroatoms. The Morgan fingerprint density at radius 3 is 2.69 bits per heavy atom. The Bertz CT molecular complexity index is 1080. The lowest BCUT2D eigenvalue weighted by atomic mass is 10.0. The lowest BCUT2D eigenvalue weighted by Gasteiger charge is -2.07. The van der Waals surface area contributed by atoms with Crippen LogP contribution in [0.3, 0.4) is 0 Å². The summed E-state index contributed by atoms with van der Waals surface area (Å²) in [5.74, 6) is 0.404. The van der Waals surface area contributed by atoms with E-state index >= 15 is 0 Å². The molecule has 0 aliphatic heterocycles. The number of hydrogen-bond acceptors (Lipinski definition) is 2. The fourth-order valence-electron chi connectivity index (χ4n) is 3.10. The number of aryl methyl sites for hydroxylation is 1. The average molecular weight is 341 g/mol. The zero-order chi connectivity index (χ0) is 17.9. The van der Waals surface area contributed by atoms with Gasteiger partial charge < -0.3 is 5.32 Å². The van der Waals surface area contributed by atoms with Gasteiger partial charge in [-0.25, -0.2) is 0 Å². The van der Waals surface area contributed by atoms with Gasteiger partial charge in [0.15, 0.2) is 5.82 Å². The maximum Gasteiger partial charge on any atom is 0.256 e. The zero-order valence-corrected chi connectivity index (χ0v) is 14.5. The summed E-state index contributed by atoms with van der Waals surface area (Å²) in [5, 5.41) is 9.77. The van der Waals surface area contributed by atoms with Gasteiger partial charge in [-0.1, -0.05) is 60.2 Å². The SMILES string of the molecule is Cc1cccc(C(=O)Nc2ccn(Cc3cccc4ccccc34)n2)c1. The Morgan fingerprint density at radius 2 is 1.81 bits per heavy atom. The van der Waals surface area contributed by atoms with Crippen molar-refractivity contribution in [2.45, 2.75) is 13.5 Å². The average Bonchev–Trinajstić information content (AvgIpc) is 3.09. The van der Waals surface area contributed by atoms with E-state index in [1.54, 1.807) is 6.07 Å². The number of hydrogen-bond donors (Lipinski definition) is 1. The van der Waals surface area contributed by atoms with Gasteiger partial charge in [0.05, 0.1) is 6.54 Å². The molecule has 0 unspecified atom stereocenters. The molecule has 0 atom stereocenters. The number of aromatic nitrogens is 2. The standard InChI is InChI=1S/C22H19N3O/c1-16-6-4-9-18(14-16)22(26)23-21-12-13-25(24-21)15-19-10-5-8-17-7-2-3-11-20(17)19/h2-14H,15H2,1H3,(H,23,24,26). The highest BCUT2D eigenvalue weighted by molar-refractivity contribution is 6.03. The largest absolute Gasteiger partial charge is 0.305 e. The number of nitrogens with one attached hydrogen (secondary N) is 1. The van der Waals surface area contributed by atoms with E-state index < -0.39 is 0 Å². The molecule has 1 heterocycles. The summed E-state index contributed by atoms with van der Waals surface area (Å²) >= 11 is 0. The first-order valence-electron chi connectivity index (χ1n) is 8.57. The molecule has 26 heavy (non-hydrogen) atoms. The van der Waals surface area contributed by atoms with Crippen LogP contribution in [-0.2, 0) is 6.54 Å². The van der Waals surface area contributed by atoms with Crippen LogP contribution in [0.1, 0.15) is 21.5 Å². The van der Waals surface area contributed by atoms with Gasteiger partial charge >= 0.3 is 0 Å². The van der Waals surface area contributed by atoms with Crippen LogP contribution < -0.4 is 5.32 Å². The van der Waals surface area contributed by atoms with E-state index in [9.17, 15) is 4.79 Å². The molecule has 0 bridgehead atoms. The van der Waals surface area contributed by atoms with Crippen LogP contribution >= 0.6 is 0 Å². The summed E-state index contributed by atoms with van der Waals surface area (Å²) in [6.45, 7) is 2.62. The van der Waals surface area contributed by atoms with Gasteiger partial charge in [-0.15, -0.1) is 0 Å². The van der Waals surface area contributed by atoms with Crippen molar-refractivity contribution >= 4 is 22.5 Å². The van der Waals surface area contributed by atoms with E-state index in [-0.39, 0.29) is 5.91 Å². The second kappa shape index (κ2) is 6.84. The van der Waals surface area contributed by atoms with Crippen LogP contribution in [0.5, 0.6) is 0 Å². The highest BCUT2D eigenvalue weighted by Crippen LogP contribution is 2.19. The number of amides is 1. The van der Waals surface area contributed by atoms with Crippen LogP contribution in [0.2, 0.25) is 0 Å². The minimum Gasteiger partial charge on any atom is -0.305 e. The summed E-state index contributed by atoms with van der Waals surface area (Å²) in [7, 11) is 0. The first kappa shape index (κ1) is 16.1. The third-order valence-electron chi connectivity index (χ3n) is 4.37. The van der Waals surface area contributed by atoms with Gasteiger partial charge in [0.25, 0.3) is 5.91 Å². The minimum absolute atomic E-state index is 0.149. The summed E-state index contributed by atoms with van der Waals surface area (Å²) in [4.78, 5) is 12.3. The van der Waals surface area contributed by atoms with Crippen LogP contribution in [0.25, 0.3) is 10.8 Å². The smallest absolute Gasteiger partial charge is 0.256 e. The highest BCUT2D eigenvalue weighted by atomic mass is 16.1. The highest BCUT2D eigenvalue weighted by Gasteiger charge is 2.09. The molecule has 1 aromatic heterocycles. The van der Waals surface area contributed by atoms with Crippen molar-refractivity contribution in [3.05, 3.63) is 95.7 Å². The molecule has 4 rings (SSSR count). The summed E-state index contributed by atoms with van der Waals surface area (Å²) < 4.78 is 1.84. The Hall–Kier alpha value is -3.40. The van der Waals surface area contributed by atoms with Gasteiger partial charge in [0.1, 0.15) is 0 Å². The molecule has 0 aliphatic rings. The Labute approximate surface area is 152 Å². The molecule has 0 aliphatic carbocycles. The molecule has 128 valence electrons.